The third kappa shape index (κ3) is 2.88. The number of aromatic hydroxyl groups is 5. The molecule has 0 unspecified atom stereocenters. The molecule has 6 nitrogen and oxygen atoms in total. The van der Waals surface area contributed by atoms with E-state index in [-0.39, 0.29) is 16.5 Å². The number of phenols is 5. The number of fused-ring (bicyclic) bond motifs is 5. The highest BCUT2D eigenvalue weighted by molar-refractivity contribution is 6.26. The topological polar surface area (TPSA) is 114 Å². The predicted molar refractivity (Wildman–Crippen MR) is 148 cm³/mol. The summed E-state index contributed by atoms with van der Waals surface area (Å²) in [4.78, 5) is 0. The van der Waals surface area contributed by atoms with E-state index < -0.39 is 23.0 Å². The lowest BCUT2D eigenvalue weighted by Crippen LogP contribution is -1.93. The quantitative estimate of drug-likeness (QED) is 0.0942. The van der Waals surface area contributed by atoms with Crippen molar-refractivity contribution in [3.8, 4) is 51.0 Å². The first-order valence-corrected chi connectivity index (χ1v) is 12.0. The molecular formula is C32H20O6. The van der Waals surface area contributed by atoms with Gasteiger partial charge >= 0.3 is 0 Å². The van der Waals surface area contributed by atoms with Gasteiger partial charge in [-0.1, -0.05) is 72.8 Å². The Labute approximate surface area is 215 Å². The van der Waals surface area contributed by atoms with Gasteiger partial charge in [0.15, 0.2) is 22.8 Å². The molecule has 184 valence electrons. The lowest BCUT2D eigenvalue weighted by Gasteiger charge is -2.20. The smallest absolute Gasteiger partial charge is 0.204 e. The number of benzene rings is 6. The number of hydrogen-bond donors (Lipinski definition) is 5. The summed E-state index contributed by atoms with van der Waals surface area (Å²) < 4.78 is 5.89. The summed E-state index contributed by atoms with van der Waals surface area (Å²) in [6.07, 6.45) is 0. The lowest BCUT2D eigenvalue weighted by atomic mass is 9.84. The molecule has 0 atom stereocenters. The Morgan fingerprint density at radius 1 is 0.447 bits per heavy atom. The van der Waals surface area contributed by atoms with Crippen molar-refractivity contribution >= 4 is 43.5 Å². The molecule has 5 N–H and O–H groups in total. The third-order valence-electron chi connectivity index (χ3n) is 7.17. The summed E-state index contributed by atoms with van der Waals surface area (Å²) in [7, 11) is 0. The average Bonchev–Trinajstić information content (AvgIpc) is 3.33. The summed E-state index contributed by atoms with van der Waals surface area (Å²) in [5, 5.41) is 57.9. The SMILES string of the molecule is Oc1c(O)c(O)c2c(-c3cc(O)c4oc5ccccc5c4c3)c3ccccc3c(-c3ccccc3)c2c1O. The molecule has 6 heteroatoms. The number of rotatable bonds is 2. The molecule has 0 amide bonds. The summed E-state index contributed by atoms with van der Waals surface area (Å²) >= 11 is 0. The van der Waals surface area contributed by atoms with Gasteiger partial charge in [-0.2, -0.15) is 0 Å². The Morgan fingerprint density at radius 3 is 1.61 bits per heavy atom. The van der Waals surface area contributed by atoms with E-state index in [9.17, 15) is 25.5 Å². The molecule has 6 aromatic carbocycles. The van der Waals surface area contributed by atoms with Crippen LogP contribution in [0, 0.1) is 0 Å². The molecule has 0 aliphatic rings. The number of para-hydroxylation sites is 1. The van der Waals surface area contributed by atoms with Crippen molar-refractivity contribution < 1.29 is 29.9 Å². The van der Waals surface area contributed by atoms with Crippen LogP contribution in [0.1, 0.15) is 0 Å². The van der Waals surface area contributed by atoms with E-state index in [1.165, 1.54) is 6.07 Å². The van der Waals surface area contributed by atoms with Gasteiger partial charge in [0.1, 0.15) is 5.58 Å². The normalized spacial score (nSPS) is 11.7. The number of furan rings is 1. The van der Waals surface area contributed by atoms with Gasteiger partial charge in [-0.25, -0.2) is 0 Å². The van der Waals surface area contributed by atoms with Gasteiger partial charge in [0.2, 0.25) is 11.5 Å². The van der Waals surface area contributed by atoms with Crippen LogP contribution in [-0.2, 0) is 0 Å². The maximum Gasteiger partial charge on any atom is 0.204 e. The molecule has 1 aromatic heterocycles. The molecule has 0 aliphatic heterocycles. The maximum absolute atomic E-state index is 11.2. The molecule has 0 spiro atoms. The first-order chi connectivity index (χ1) is 18.5. The molecule has 0 radical (unpaired) electrons. The molecule has 0 aliphatic carbocycles. The Hall–Kier alpha value is -5.36. The number of phenolic OH excluding ortho intramolecular Hbond substituents is 5. The minimum Gasteiger partial charge on any atom is -0.504 e. The van der Waals surface area contributed by atoms with E-state index in [1.807, 2.05) is 84.9 Å². The minimum absolute atomic E-state index is 0.0928. The minimum atomic E-state index is -0.829. The zero-order chi connectivity index (χ0) is 26.1. The van der Waals surface area contributed by atoms with Gasteiger partial charge in [0.05, 0.1) is 0 Å². The van der Waals surface area contributed by atoms with Crippen molar-refractivity contribution in [3.05, 3.63) is 91.0 Å². The van der Waals surface area contributed by atoms with E-state index in [1.54, 1.807) is 0 Å². The van der Waals surface area contributed by atoms with Crippen molar-refractivity contribution in [3.63, 3.8) is 0 Å². The van der Waals surface area contributed by atoms with E-state index >= 15 is 0 Å². The molecule has 7 rings (SSSR count). The van der Waals surface area contributed by atoms with Crippen LogP contribution < -0.4 is 0 Å². The van der Waals surface area contributed by atoms with Crippen LogP contribution in [0.25, 0.3) is 65.7 Å². The van der Waals surface area contributed by atoms with Gasteiger partial charge < -0.3 is 29.9 Å². The second kappa shape index (κ2) is 7.82. The van der Waals surface area contributed by atoms with Crippen molar-refractivity contribution in [2.75, 3.05) is 0 Å². The molecule has 0 bridgehead atoms. The molecule has 0 fully saturated rings. The van der Waals surface area contributed by atoms with Gasteiger partial charge in [0, 0.05) is 32.7 Å². The molecule has 0 saturated heterocycles. The standard InChI is InChI=1S/C32H20O6/c33-22-15-17(14-21-18-10-6-7-13-23(18)38-32(21)22)25-20-12-5-4-11-19(20)24(16-8-2-1-3-9-16)26-27(25)29(35)31(37)30(36)28(26)34/h1-15,33-37H. The van der Waals surface area contributed by atoms with E-state index in [0.29, 0.717) is 38.6 Å². The fraction of sp³-hybridized carbons (Fsp3) is 0. The highest BCUT2D eigenvalue weighted by atomic mass is 16.4. The lowest BCUT2D eigenvalue weighted by molar-refractivity contribution is 0.351. The molecule has 1 heterocycles. The Balaban J connectivity index is 1.74. The zero-order valence-electron chi connectivity index (χ0n) is 19.8. The van der Waals surface area contributed by atoms with Crippen LogP contribution in [0.15, 0.2) is 95.4 Å². The maximum atomic E-state index is 11.2. The molecule has 38 heavy (non-hydrogen) atoms. The van der Waals surface area contributed by atoms with Crippen molar-refractivity contribution in [1.82, 2.24) is 0 Å². The van der Waals surface area contributed by atoms with E-state index in [0.717, 1.165) is 16.3 Å². The Kier molecular flexibility index (Phi) is 4.50. The monoisotopic (exact) mass is 500 g/mol. The Bertz CT molecular complexity index is 2070. The summed E-state index contributed by atoms with van der Waals surface area (Å²) in [6, 6.07) is 27.7. The second-order valence-electron chi connectivity index (χ2n) is 9.28. The van der Waals surface area contributed by atoms with E-state index in [2.05, 4.69) is 0 Å². The second-order valence-corrected chi connectivity index (χ2v) is 9.28. The van der Waals surface area contributed by atoms with Crippen molar-refractivity contribution in [2.24, 2.45) is 0 Å². The van der Waals surface area contributed by atoms with Crippen LogP contribution in [0.3, 0.4) is 0 Å². The first kappa shape index (κ1) is 21.9. The van der Waals surface area contributed by atoms with Gasteiger partial charge in [-0.3, -0.25) is 0 Å². The Morgan fingerprint density at radius 2 is 0.974 bits per heavy atom. The predicted octanol–water partition coefficient (Wildman–Crippen LogP) is 7.75. The fourth-order valence-corrected chi connectivity index (χ4v) is 5.53. The summed E-state index contributed by atoms with van der Waals surface area (Å²) in [5.74, 6) is -2.87. The highest BCUT2D eigenvalue weighted by Gasteiger charge is 2.27. The van der Waals surface area contributed by atoms with Crippen LogP contribution in [0.5, 0.6) is 28.7 Å². The van der Waals surface area contributed by atoms with Crippen molar-refractivity contribution in [2.45, 2.75) is 0 Å². The van der Waals surface area contributed by atoms with Crippen LogP contribution >= 0.6 is 0 Å². The molecule has 7 aromatic rings. The number of hydrogen-bond acceptors (Lipinski definition) is 6. The first-order valence-electron chi connectivity index (χ1n) is 12.0. The van der Waals surface area contributed by atoms with Crippen LogP contribution in [-0.4, -0.2) is 25.5 Å². The van der Waals surface area contributed by atoms with Gasteiger partial charge in [-0.05, 0) is 40.1 Å². The zero-order valence-corrected chi connectivity index (χ0v) is 19.8. The van der Waals surface area contributed by atoms with Crippen LogP contribution in [0.2, 0.25) is 0 Å². The molecular weight excluding hydrogens is 480 g/mol. The summed E-state index contributed by atoms with van der Waals surface area (Å²) in [6.45, 7) is 0. The van der Waals surface area contributed by atoms with E-state index in [4.69, 9.17) is 4.42 Å². The van der Waals surface area contributed by atoms with Gasteiger partial charge in [-0.15, -0.1) is 0 Å². The highest BCUT2D eigenvalue weighted by Crippen LogP contribution is 2.57. The third-order valence-corrected chi connectivity index (χ3v) is 7.17. The summed E-state index contributed by atoms with van der Waals surface area (Å²) in [5.41, 5.74) is 3.29. The largest absolute Gasteiger partial charge is 0.504 e. The van der Waals surface area contributed by atoms with Gasteiger partial charge in [0.25, 0.3) is 0 Å². The van der Waals surface area contributed by atoms with Crippen molar-refractivity contribution in [1.29, 1.82) is 0 Å². The molecule has 0 saturated carbocycles. The average molecular weight is 501 g/mol. The van der Waals surface area contributed by atoms with Crippen LogP contribution in [0.4, 0.5) is 0 Å². The fourth-order valence-electron chi connectivity index (χ4n) is 5.53.